The third kappa shape index (κ3) is 9.22. The minimum absolute atomic E-state index is 0.154. The number of pyridine rings is 1. The topological polar surface area (TPSA) is 126 Å². The molecule has 0 saturated carbocycles. The van der Waals surface area contributed by atoms with E-state index in [0.717, 1.165) is 35.3 Å². The highest BCUT2D eigenvalue weighted by atomic mass is 35.5. The number of aromatic nitrogens is 3. The van der Waals surface area contributed by atoms with Gasteiger partial charge in [-0.1, -0.05) is 23.7 Å². The van der Waals surface area contributed by atoms with Gasteiger partial charge in [0.15, 0.2) is 5.82 Å². The first-order chi connectivity index (χ1) is 21.2. The molecule has 0 unspecified atom stereocenters. The zero-order chi connectivity index (χ0) is 32.8. The molecule has 0 spiro atoms. The third-order valence-corrected chi connectivity index (χ3v) is 6.35. The summed E-state index contributed by atoms with van der Waals surface area (Å²) in [6, 6.07) is 17.6. The molecule has 0 fully saturated rings. The lowest BCUT2D eigenvalue weighted by atomic mass is 10.0. The third-order valence-electron chi connectivity index (χ3n) is 6.07. The van der Waals surface area contributed by atoms with Gasteiger partial charge in [0.05, 0.1) is 6.20 Å². The summed E-state index contributed by atoms with van der Waals surface area (Å²) in [5.74, 6) is -6.07. The van der Waals surface area contributed by atoms with Gasteiger partial charge in [0.2, 0.25) is 5.95 Å². The zero-order valence-corrected chi connectivity index (χ0v) is 23.5. The lowest BCUT2D eigenvalue weighted by Gasteiger charge is -2.13. The summed E-state index contributed by atoms with van der Waals surface area (Å²) in [6.45, 7) is 0.425. The van der Waals surface area contributed by atoms with Crippen LogP contribution < -0.4 is 16.0 Å². The summed E-state index contributed by atoms with van der Waals surface area (Å²) < 4.78 is 67.0. The molecule has 1 aliphatic rings. The van der Waals surface area contributed by atoms with E-state index in [9.17, 15) is 40.7 Å². The number of carbonyl (C=O) groups excluding carboxylic acids is 3. The number of hydrogen-bond donors (Lipinski definition) is 3. The predicted octanol–water partition coefficient (Wildman–Crippen LogP) is 6.29. The second-order valence-electron chi connectivity index (χ2n) is 9.45. The largest absolute Gasteiger partial charge is 0.458 e. The molecular weight excluding hydrogens is 630 g/mol. The summed E-state index contributed by atoms with van der Waals surface area (Å²) in [4.78, 5) is 45.0. The first-order valence-corrected chi connectivity index (χ1v) is 13.3. The van der Waals surface area contributed by atoms with Crippen molar-refractivity contribution in [1.82, 2.24) is 20.3 Å². The molecule has 2 aromatic carbocycles. The standard InChI is InChI=1S/C25H21ClN6O.C4F6O2/c26-22-15-29-25-31-20-3-1-2-16(11-20)4-5-18-10-19(13-21(12-18)30-23(22)32-25)24(33)28-14-17-6-8-27-9-7-17;5-3(6,7)1(11)2(12)4(8,9)10/h1-3,6-13,15H,4-5,14H2,(H,28,33)(H2,29,30,31,32);. The van der Waals surface area contributed by atoms with Crippen LogP contribution in [0.25, 0.3) is 0 Å². The van der Waals surface area contributed by atoms with Crippen molar-refractivity contribution in [3.8, 4) is 0 Å². The Balaban J connectivity index is 0.000000328. The molecule has 16 heteroatoms. The normalized spacial score (nSPS) is 12.4. The number of benzene rings is 2. The quantitative estimate of drug-likeness (QED) is 0.174. The number of halogens is 7. The zero-order valence-electron chi connectivity index (χ0n) is 22.8. The van der Waals surface area contributed by atoms with E-state index in [0.29, 0.717) is 28.9 Å². The predicted molar refractivity (Wildman–Crippen MR) is 151 cm³/mol. The number of amides is 1. The van der Waals surface area contributed by atoms with Crippen LogP contribution in [0.15, 0.2) is 73.2 Å². The van der Waals surface area contributed by atoms with Crippen LogP contribution in [0.3, 0.4) is 0 Å². The Hall–Kier alpha value is -5.05. The smallest absolute Gasteiger partial charge is 0.348 e. The number of ketones is 2. The van der Waals surface area contributed by atoms with E-state index in [4.69, 9.17) is 11.6 Å². The number of nitrogens with zero attached hydrogens (tertiary/aromatic N) is 3. The lowest BCUT2D eigenvalue weighted by molar-refractivity contribution is -0.193. The van der Waals surface area contributed by atoms with Crippen LogP contribution in [-0.2, 0) is 29.0 Å². The summed E-state index contributed by atoms with van der Waals surface area (Å²) >= 11 is 6.35. The molecule has 0 saturated heterocycles. The first-order valence-electron chi connectivity index (χ1n) is 12.9. The molecule has 1 aliphatic heterocycles. The maximum atomic E-state index is 13.0. The molecule has 4 aromatic rings. The second-order valence-corrected chi connectivity index (χ2v) is 9.86. The van der Waals surface area contributed by atoms with Crippen LogP contribution in [-0.4, -0.2) is 44.8 Å². The summed E-state index contributed by atoms with van der Waals surface area (Å²) in [5.41, 5.74) is 5.41. The molecule has 1 amide bonds. The van der Waals surface area contributed by atoms with E-state index in [1.54, 1.807) is 24.7 Å². The highest BCUT2D eigenvalue weighted by Crippen LogP contribution is 2.28. The molecule has 9 nitrogen and oxygen atoms in total. The fourth-order valence-electron chi connectivity index (χ4n) is 3.96. The van der Waals surface area contributed by atoms with Crippen LogP contribution in [0, 0.1) is 0 Å². The Bertz CT molecular complexity index is 1690. The summed E-state index contributed by atoms with van der Waals surface area (Å²) in [7, 11) is 0. The molecule has 6 bridgehead atoms. The van der Waals surface area contributed by atoms with Crippen LogP contribution in [0.1, 0.15) is 27.0 Å². The van der Waals surface area contributed by atoms with Gasteiger partial charge in [-0.2, -0.15) is 31.3 Å². The fourth-order valence-corrected chi connectivity index (χ4v) is 4.09. The molecule has 0 atom stereocenters. The van der Waals surface area contributed by atoms with Crippen LogP contribution in [0.2, 0.25) is 5.02 Å². The first kappa shape index (κ1) is 32.9. The van der Waals surface area contributed by atoms with Crippen molar-refractivity contribution in [2.24, 2.45) is 0 Å². The van der Waals surface area contributed by atoms with Crippen molar-refractivity contribution >= 4 is 52.2 Å². The van der Waals surface area contributed by atoms with E-state index in [1.807, 2.05) is 36.4 Å². The minimum atomic E-state index is -5.77. The molecule has 0 radical (unpaired) electrons. The van der Waals surface area contributed by atoms with Crippen molar-refractivity contribution in [2.75, 3.05) is 10.6 Å². The Morgan fingerprint density at radius 2 is 1.47 bits per heavy atom. The minimum Gasteiger partial charge on any atom is -0.348 e. The highest BCUT2D eigenvalue weighted by Gasteiger charge is 2.54. The van der Waals surface area contributed by atoms with Crippen molar-refractivity contribution < 1.29 is 40.7 Å². The lowest BCUT2D eigenvalue weighted by Crippen LogP contribution is -2.39. The molecule has 2 aromatic heterocycles. The second kappa shape index (κ2) is 13.7. The number of rotatable bonds is 4. The number of Topliss-reactive ketones (excluding diaryl/α,β-unsaturated/α-hetero) is 2. The van der Waals surface area contributed by atoms with Gasteiger partial charge < -0.3 is 16.0 Å². The maximum absolute atomic E-state index is 13.0. The monoisotopic (exact) mass is 650 g/mol. The fraction of sp³-hybridized carbons (Fsp3) is 0.172. The average Bonchev–Trinajstić information content (AvgIpc) is 3.00. The van der Waals surface area contributed by atoms with Gasteiger partial charge in [-0.15, -0.1) is 0 Å². The number of fused-ring (bicyclic) bond motifs is 6. The van der Waals surface area contributed by atoms with Crippen LogP contribution in [0.4, 0.5) is 49.5 Å². The number of anilines is 4. The Labute approximate surface area is 256 Å². The van der Waals surface area contributed by atoms with Crippen molar-refractivity contribution in [2.45, 2.75) is 31.7 Å². The molecule has 3 N–H and O–H groups in total. The Morgan fingerprint density at radius 3 is 2.13 bits per heavy atom. The molecule has 234 valence electrons. The summed E-state index contributed by atoms with van der Waals surface area (Å²) in [6.07, 6.45) is -4.97. The highest BCUT2D eigenvalue weighted by molar-refractivity contribution is 6.41. The summed E-state index contributed by atoms with van der Waals surface area (Å²) in [5, 5.41) is 9.85. The maximum Gasteiger partial charge on any atom is 0.458 e. The van der Waals surface area contributed by atoms with Crippen LogP contribution >= 0.6 is 11.6 Å². The number of carbonyl (C=O) groups is 3. The van der Waals surface area contributed by atoms with E-state index < -0.39 is 23.9 Å². The SMILES string of the molecule is O=C(C(=O)C(F)(F)F)C(F)(F)F.O=C(NCc1ccncc1)c1cc2cc(c1)Nc1nc(ncc1Cl)Nc1cccc(c1)CC2. The van der Waals surface area contributed by atoms with Crippen LogP contribution in [0.5, 0.6) is 0 Å². The van der Waals surface area contributed by atoms with Gasteiger partial charge in [-0.3, -0.25) is 19.4 Å². The van der Waals surface area contributed by atoms with Crippen molar-refractivity contribution in [3.05, 3.63) is 100 Å². The number of aryl methyl sites for hydroxylation is 2. The van der Waals surface area contributed by atoms with Gasteiger partial charge in [0.1, 0.15) is 5.02 Å². The van der Waals surface area contributed by atoms with Gasteiger partial charge in [0.25, 0.3) is 5.91 Å². The Kier molecular flexibility index (Phi) is 10.0. The van der Waals surface area contributed by atoms with E-state index in [1.165, 1.54) is 5.56 Å². The van der Waals surface area contributed by atoms with E-state index in [-0.39, 0.29) is 5.91 Å². The molecule has 0 aliphatic carbocycles. The molecule has 45 heavy (non-hydrogen) atoms. The van der Waals surface area contributed by atoms with E-state index >= 15 is 0 Å². The number of hydrogen-bond acceptors (Lipinski definition) is 8. The van der Waals surface area contributed by atoms with Gasteiger partial charge in [0, 0.05) is 35.9 Å². The van der Waals surface area contributed by atoms with E-state index in [2.05, 4.69) is 43.0 Å². The molecule has 3 heterocycles. The van der Waals surface area contributed by atoms with Crippen molar-refractivity contribution in [1.29, 1.82) is 0 Å². The van der Waals surface area contributed by atoms with Crippen molar-refractivity contribution in [3.63, 3.8) is 0 Å². The molecular formula is C29H21ClF6N6O3. The van der Waals surface area contributed by atoms with Gasteiger partial charge >= 0.3 is 23.9 Å². The molecule has 5 rings (SSSR count). The van der Waals surface area contributed by atoms with Gasteiger partial charge in [-0.25, -0.2) is 4.98 Å². The van der Waals surface area contributed by atoms with Gasteiger partial charge in [-0.05, 0) is 72.0 Å². The number of nitrogens with one attached hydrogen (secondary N) is 3. The number of alkyl halides is 6. The Morgan fingerprint density at radius 1 is 0.822 bits per heavy atom. The average molecular weight is 651 g/mol.